The summed E-state index contributed by atoms with van der Waals surface area (Å²) in [5.74, 6) is -0.645. The van der Waals surface area contributed by atoms with Crippen LogP contribution in [0, 0.1) is 6.92 Å². The van der Waals surface area contributed by atoms with Crippen LogP contribution in [0.25, 0.3) is 0 Å². The van der Waals surface area contributed by atoms with Crippen molar-refractivity contribution in [1.82, 2.24) is 20.2 Å². The van der Waals surface area contributed by atoms with Crippen molar-refractivity contribution in [3.63, 3.8) is 0 Å². The molecular formula is C17H19F3N6O2. The van der Waals surface area contributed by atoms with Crippen LogP contribution in [0.3, 0.4) is 0 Å². The minimum atomic E-state index is -4.99. The SMILES string of the molecule is Cc1cncc(N2CCC(c3n[nH]c4c3C(O)(C(F)(F)F)CC(=O)N4)CC2)n1. The van der Waals surface area contributed by atoms with E-state index in [9.17, 15) is 23.1 Å². The number of aryl methyl sites for hydroxylation is 1. The van der Waals surface area contributed by atoms with E-state index in [1.165, 1.54) is 0 Å². The quantitative estimate of drug-likeness (QED) is 0.717. The number of H-pyrrole nitrogens is 1. The number of rotatable bonds is 2. The normalized spacial score (nSPS) is 23.5. The van der Waals surface area contributed by atoms with Crippen molar-refractivity contribution in [2.24, 2.45) is 0 Å². The molecule has 0 bridgehead atoms. The fourth-order valence-electron chi connectivity index (χ4n) is 3.89. The van der Waals surface area contributed by atoms with Gasteiger partial charge < -0.3 is 15.3 Å². The van der Waals surface area contributed by atoms with Gasteiger partial charge in [-0.2, -0.15) is 18.3 Å². The molecule has 1 fully saturated rings. The second-order valence-electron chi connectivity index (χ2n) is 7.22. The highest BCUT2D eigenvalue weighted by Gasteiger charge is 2.61. The van der Waals surface area contributed by atoms with Gasteiger partial charge in [-0.05, 0) is 19.8 Å². The van der Waals surface area contributed by atoms with Crippen LogP contribution in [-0.4, -0.2) is 50.4 Å². The summed E-state index contributed by atoms with van der Waals surface area (Å²) in [5, 5.41) is 19.2. The van der Waals surface area contributed by atoms with E-state index in [0.717, 1.165) is 11.5 Å². The van der Waals surface area contributed by atoms with Gasteiger partial charge in [0.15, 0.2) is 5.60 Å². The maximum absolute atomic E-state index is 13.6. The van der Waals surface area contributed by atoms with Gasteiger partial charge in [0.1, 0.15) is 11.6 Å². The summed E-state index contributed by atoms with van der Waals surface area (Å²) in [6.07, 6.45) is -1.69. The second-order valence-corrected chi connectivity index (χ2v) is 7.22. The van der Waals surface area contributed by atoms with Gasteiger partial charge in [0.2, 0.25) is 5.91 Å². The molecule has 1 atom stereocenters. The number of aliphatic hydroxyl groups is 1. The molecule has 3 N–H and O–H groups in total. The number of aromatic amines is 1. The minimum Gasteiger partial charge on any atom is -0.376 e. The number of anilines is 2. The van der Waals surface area contributed by atoms with Crippen LogP contribution >= 0.6 is 0 Å². The Labute approximate surface area is 158 Å². The Morgan fingerprint density at radius 3 is 2.64 bits per heavy atom. The second kappa shape index (κ2) is 6.43. The van der Waals surface area contributed by atoms with Gasteiger partial charge in [0.25, 0.3) is 0 Å². The summed E-state index contributed by atoms with van der Waals surface area (Å²) in [6.45, 7) is 2.98. The summed E-state index contributed by atoms with van der Waals surface area (Å²) in [6, 6.07) is 0. The number of nitrogens with one attached hydrogen (secondary N) is 2. The number of nitrogens with zero attached hydrogens (tertiary/aromatic N) is 4. The van der Waals surface area contributed by atoms with Gasteiger partial charge in [-0.1, -0.05) is 0 Å². The zero-order valence-corrected chi connectivity index (χ0v) is 15.0. The largest absolute Gasteiger partial charge is 0.422 e. The van der Waals surface area contributed by atoms with Gasteiger partial charge in [-0.3, -0.25) is 14.9 Å². The first-order chi connectivity index (χ1) is 13.2. The Kier molecular flexibility index (Phi) is 4.29. The van der Waals surface area contributed by atoms with Crippen LogP contribution in [0.15, 0.2) is 12.4 Å². The number of hydrogen-bond donors (Lipinski definition) is 3. The number of alkyl halides is 3. The molecule has 1 amide bonds. The standard InChI is InChI=1S/C17H19F3N6O2/c1-9-7-21-8-11(22-9)26-4-2-10(3-5-26)14-13-15(25-24-14)23-12(27)6-16(13,28)17(18,19)20/h7-8,10,28H,2-6H2,1H3,(H2,23,24,25,27). The molecule has 0 spiro atoms. The Morgan fingerprint density at radius 1 is 1.29 bits per heavy atom. The lowest BCUT2D eigenvalue weighted by atomic mass is 9.81. The van der Waals surface area contributed by atoms with E-state index < -0.39 is 24.1 Å². The molecule has 28 heavy (non-hydrogen) atoms. The van der Waals surface area contributed by atoms with E-state index in [-0.39, 0.29) is 23.0 Å². The van der Waals surface area contributed by atoms with Gasteiger partial charge in [0.05, 0.1) is 29.6 Å². The van der Waals surface area contributed by atoms with Gasteiger partial charge in [0, 0.05) is 25.2 Å². The van der Waals surface area contributed by atoms with Gasteiger partial charge in [-0.15, -0.1) is 0 Å². The van der Waals surface area contributed by atoms with E-state index in [4.69, 9.17) is 0 Å². The molecule has 4 rings (SSSR count). The molecule has 4 heterocycles. The topological polar surface area (TPSA) is 107 Å². The molecule has 11 heteroatoms. The zero-order chi connectivity index (χ0) is 20.1. The van der Waals surface area contributed by atoms with Crippen molar-refractivity contribution < 1.29 is 23.1 Å². The third-order valence-electron chi connectivity index (χ3n) is 5.31. The smallest absolute Gasteiger partial charge is 0.376 e. The number of piperidine rings is 1. The Morgan fingerprint density at radius 2 is 2.00 bits per heavy atom. The molecule has 150 valence electrons. The number of carbonyl (C=O) groups is 1. The lowest BCUT2D eigenvalue weighted by Crippen LogP contribution is -2.49. The molecule has 2 aromatic rings. The van der Waals surface area contributed by atoms with Crippen molar-refractivity contribution in [3.05, 3.63) is 29.3 Å². The molecule has 2 aliphatic heterocycles. The van der Waals surface area contributed by atoms with Crippen LogP contribution in [0.4, 0.5) is 24.8 Å². The average molecular weight is 396 g/mol. The summed E-state index contributed by atoms with van der Waals surface area (Å²) >= 11 is 0. The van der Waals surface area contributed by atoms with Crippen LogP contribution in [-0.2, 0) is 10.4 Å². The van der Waals surface area contributed by atoms with Crippen LogP contribution < -0.4 is 10.2 Å². The molecular weight excluding hydrogens is 377 g/mol. The van der Waals surface area contributed by atoms with Crippen LogP contribution in [0.5, 0.6) is 0 Å². The van der Waals surface area contributed by atoms with Gasteiger partial charge >= 0.3 is 6.18 Å². The van der Waals surface area contributed by atoms with Crippen LogP contribution in [0.1, 0.15) is 42.1 Å². The van der Waals surface area contributed by atoms with Crippen LogP contribution in [0.2, 0.25) is 0 Å². The first-order valence-electron chi connectivity index (χ1n) is 8.90. The van der Waals surface area contributed by atoms with E-state index in [1.54, 1.807) is 12.4 Å². The highest BCUT2D eigenvalue weighted by Crippen LogP contribution is 2.49. The Balaban J connectivity index is 1.60. The fraction of sp³-hybridized carbons (Fsp3) is 0.529. The number of halogens is 3. The van der Waals surface area contributed by atoms with E-state index in [1.807, 2.05) is 11.8 Å². The number of hydrogen-bond acceptors (Lipinski definition) is 6. The molecule has 0 saturated carbocycles. The summed E-state index contributed by atoms with van der Waals surface area (Å²) in [4.78, 5) is 22.2. The lowest BCUT2D eigenvalue weighted by molar-refractivity contribution is -0.267. The average Bonchev–Trinajstić information content (AvgIpc) is 3.05. The van der Waals surface area contributed by atoms with Crippen molar-refractivity contribution in [3.8, 4) is 0 Å². The molecule has 8 nitrogen and oxygen atoms in total. The molecule has 0 aromatic carbocycles. The van der Waals surface area contributed by atoms with Crippen molar-refractivity contribution in [2.45, 2.75) is 43.9 Å². The Hall–Kier alpha value is -2.69. The highest BCUT2D eigenvalue weighted by atomic mass is 19.4. The predicted octanol–water partition coefficient (Wildman–Crippen LogP) is 1.98. The summed E-state index contributed by atoms with van der Waals surface area (Å²) in [7, 11) is 0. The van der Waals surface area contributed by atoms with Crippen molar-refractivity contribution in [2.75, 3.05) is 23.3 Å². The first kappa shape index (κ1) is 18.7. The maximum atomic E-state index is 13.6. The zero-order valence-electron chi connectivity index (χ0n) is 15.0. The van der Waals surface area contributed by atoms with E-state index >= 15 is 0 Å². The number of aromatic nitrogens is 4. The minimum absolute atomic E-state index is 0.157. The number of carbonyl (C=O) groups excluding carboxylic acids is 1. The third-order valence-corrected chi connectivity index (χ3v) is 5.31. The van der Waals surface area contributed by atoms with Crippen molar-refractivity contribution >= 4 is 17.5 Å². The molecule has 2 aliphatic rings. The van der Waals surface area contributed by atoms with E-state index in [2.05, 4.69) is 25.5 Å². The molecule has 0 aliphatic carbocycles. The highest BCUT2D eigenvalue weighted by molar-refractivity contribution is 5.94. The summed E-state index contributed by atoms with van der Waals surface area (Å²) < 4.78 is 40.9. The van der Waals surface area contributed by atoms with Crippen molar-refractivity contribution in [1.29, 1.82) is 0 Å². The molecule has 0 radical (unpaired) electrons. The predicted molar refractivity (Wildman–Crippen MR) is 92.7 cm³/mol. The lowest BCUT2D eigenvalue weighted by Gasteiger charge is -2.36. The maximum Gasteiger partial charge on any atom is 0.422 e. The first-order valence-corrected chi connectivity index (χ1v) is 8.90. The summed E-state index contributed by atoms with van der Waals surface area (Å²) in [5.41, 5.74) is -2.67. The van der Waals surface area contributed by atoms with E-state index in [0.29, 0.717) is 25.9 Å². The number of amides is 1. The van der Waals surface area contributed by atoms with Gasteiger partial charge in [-0.25, -0.2) is 4.98 Å². The monoisotopic (exact) mass is 396 g/mol. The number of fused-ring (bicyclic) bond motifs is 1. The molecule has 2 aromatic heterocycles. The Bertz CT molecular complexity index is 907. The molecule has 1 saturated heterocycles. The third kappa shape index (κ3) is 2.99. The molecule has 1 unspecified atom stereocenters. The fourth-order valence-corrected chi connectivity index (χ4v) is 3.89.